The number of aryl methyl sites for hydroxylation is 1. The van der Waals surface area contributed by atoms with E-state index in [1.807, 2.05) is 25.1 Å². The monoisotopic (exact) mass is 541 g/mol. The highest BCUT2D eigenvalue weighted by molar-refractivity contribution is 8.23. The summed E-state index contributed by atoms with van der Waals surface area (Å²) in [6.45, 7) is 2.08. The van der Waals surface area contributed by atoms with E-state index >= 15 is 0 Å². The van der Waals surface area contributed by atoms with Crippen LogP contribution in [0, 0.1) is 11.6 Å². The molecular formula is C25H33F2N3O4S2. The molecule has 4 rings (SSSR count). The largest absolute Gasteiger partial charge is 0.390 e. The van der Waals surface area contributed by atoms with Gasteiger partial charge in [0.05, 0.1) is 35.7 Å². The number of carbonyl (C=O) groups excluding carboxylic acids is 1. The summed E-state index contributed by atoms with van der Waals surface area (Å²) in [7, 11) is -2.83. The van der Waals surface area contributed by atoms with Gasteiger partial charge < -0.3 is 15.7 Å². The zero-order valence-corrected chi connectivity index (χ0v) is 21.7. The van der Waals surface area contributed by atoms with Gasteiger partial charge in [0.25, 0.3) is 0 Å². The van der Waals surface area contributed by atoms with Gasteiger partial charge in [0.2, 0.25) is 5.91 Å². The predicted molar refractivity (Wildman–Crippen MR) is 140 cm³/mol. The lowest BCUT2D eigenvalue weighted by Crippen LogP contribution is -2.53. The van der Waals surface area contributed by atoms with E-state index in [2.05, 4.69) is 16.0 Å². The molecule has 198 valence electrons. The van der Waals surface area contributed by atoms with Crippen LogP contribution in [-0.2, 0) is 23.4 Å². The van der Waals surface area contributed by atoms with E-state index in [-0.39, 0.29) is 30.4 Å². The quantitative estimate of drug-likeness (QED) is 0.289. The van der Waals surface area contributed by atoms with Gasteiger partial charge in [-0.05, 0) is 47.2 Å². The van der Waals surface area contributed by atoms with Gasteiger partial charge >= 0.3 is 0 Å². The number of hydrogen-bond donors (Lipinski definition) is 6. The second-order valence-corrected chi connectivity index (χ2v) is 12.7. The van der Waals surface area contributed by atoms with Crippen LogP contribution < -0.4 is 16.0 Å². The third-order valence-electron chi connectivity index (χ3n) is 6.59. The Balaban J connectivity index is 1.50. The Kier molecular flexibility index (Phi) is 8.92. The molecule has 1 amide bonds. The molecule has 0 bridgehead atoms. The van der Waals surface area contributed by atoms with Crippen molar-refractivity contribution in [3.8, 4) is 0 Å². The molecule has 4 atom stereocenters. The summed E-state index contributed by atoms with van der Waals surface area (Å²) < 4.78 is 48.5. The average molecular weight is 542 g/mol. The predicted octanol–water partition coefficient (Wildman–Crippen LogP) is 3.17. The lowest BCUT2D eigenvalue weighted by molar-refractivity contribution is -0.124. The zero-order chi connectivity index (χ0) is 25.9. The fraction of sp³-hybridized carbons (Fsp3) is 0.480. The summed E-state index contributed by atoms with van der Waals surface area (Å²) in [5.41, 5.74) is 3.26. The molecule has 0 aromatic heterocycles. The number of thioether (sulfide) groups is 1. The van der Waals surface area contributed by atoms with Crippen molar-refractivity contribution in [1.29, 1.82) is 0 Å². The van der Waals surface area contributed by atoms with E-state index < -0.39 is 46.5 Å². The van der Waals surface area contributed by atoms with Gasteiger partial charge in [-0.15, -0.1) is 11.8 Å². The summed E-state index contributed by atoms with van der Waals surface area (Å²) in [5, 5.41) is 20.3. The molecule has 1 unspecified atom stereocenters. The molecular weight excluding hydrogens is 508 g/mol. The summed E-state index contributed by atoms with van der Waals surface area (Å²) in [6, 6.07) is 7.47. The molecule has 1 saturated heterocycles. The third kappa shape index (κ3) is 6.97. The first-order chi connectivity index (χ1) is 17.1. The molecule has 2 aliphatic heterocycles. The van der Waals surface area contributed by atoms with Crippen LogP contribution in [0.5, 0.6) is 0 Å². The molecule has 6 N–H and O–H groups in total. The van der Waals surface area contributed by atoms with Gasteiger partial charge in [-0.1, -0.05) is 25.1 Å². The fourth-order valence-electron chi connectivity index (χ4n) is 4.67. The maximum absolute atomic E-state index is 13.8. The zero-order valence-electron chi connectivity index (χ0n) is 20.0. The van der Waals surface area contributed by atoms with E-state index in [4.69, 9.17) is 0 Å². The second kappa shape index (κ2) is 11.8. The lowest BCUT2D eigenvalue weighted by Gasteiger charge is -2.42. The number of nitrogens with one attached hydrogen (secondary N) is 3. The van der Waals surface area contributed by atoms with Crippen LogP contribution >= 0.6 is 22.4 Å². The minimum absolute atomic E-state index is 0.0273. The van der Waals surface area contributed by atoms with Crippen LogP contribution in [-0.4, -0.2) is 62.2 Å². The first kappa shape index (κ1) is 27.3. The number of aliphatic hydroxyl groups excluding tert-OH is 1. The topological polar surface area (TPSA) is 114 Å². The highest BCUT2D eigenvalue weighted by Gasteiger charge is 2.32. The molecule has 7 nitrogen and oxygen atoms in total. The Labute approximate surface area is 215 Å². The van der Waals surface area contributed by atoms with Crippen LogP contribution in [0.15, 0.2) is 36.4 Å². The van der Waals surface area contributed by atoms with Crippen LogP contribution in [0.1, 0.15) is 35.2 Å². The van der Waals surface area contributed by atoms with Crippen molar-refractivity contribution < 1.29 is 27.8 Å². The van der Waals surface area contributed by atoms with E-state index in [0.717, 1.165) is 29.2 Å². The standard InChI is InChI=1S/C25H33F2N3O4S2/c1-2-15-3-4-17-12-36(33,34)13-23(20(17)7-15)28-10-24(31)21(30-25(32)22-11-35-14-29-22)8-16-5-18(26)9-19(27)6-16/h3-7,9,21-24,28-29,31,33-34H,2,8,10-14H2,1H3,(H,30,32)/t21-,22?,23-,24-/m0/s1. The van der Waals surface area contributed by atoms with Crippen LogP contribution in [0.3, 0.4) is 0 Å². The summed E-state index contributed by atoms with van der Waals surface area (Å²) in [4.78, 5) is 12.8. The maximum Gasteiger partial charge on any atom is 0.238 e. The van der Waals surface area contributed by atoms with Crippen molar-refractivity contribution >= 4 is 28.3 Å². The second-order valence-electron chi connectivity index (χ2n) is 9.40. The highest BCUT2D eigenvalue weighted by Crippen LogP contribution is 2.50. The number of hydrogen-bond acceptors (Lipinski definition) is 7. The normalized spacial score (nSPS) is 23.5. The molecule has 36 heavy (non-hydrogen) atoms. The van der Waals surface area contributed by atoms with Gasteiger partial charge in [-0.3, -0.25) is 19.2 Å². The van der Waals surface area contributed by atoms with E-state index in [1.54, 1.807) is 11.8 Å². The molecule has 2 aliphatic rings. The van der Waals surface area contributed by atoms with Crippen molar-refractivity contribution in [3.63, 3.8) is 0 Å². The molecule has 0 aliphatic carbocycles. The first-order valence-electron chi connectivity index (χ1n) is 12.0. The minimum atomic E-state index is -2.83. The first-order valence-corrected chi connectivity index (χ1v) is 15.0. The fourth-order valence-corrected chi connectivity index (χ4v) is 7.32. The molecule has 0 radical (unpaired) electrons. The van der Waals surface area contributed by atoms with Crippen molar-refractivity contribution in [3.05, 3.63) is 70.3 Å². The molecule has 11 heteroatoms. The molecule has 1 fully saturated rings. The molecule has 0 saturated carbocycles. The third-order valence-corrected chi connectivity index (χ3v) is 9.17. The van der Waals surface area contributed by atoms with Gasteiger partial charge in [-0.2, -0.15) is 10.6 Å². The molecule has 2 aromatic rings. The average Bonchev–Trinajstić information content (AvgIpc) is 3.35. The van der Waals surface area contributed by atoms with Crippen molar-refractivity contribution in [2.45, 2.75) is 49.7 Å². The SMILES string of the molecule is CCc1ccc2c(c1)[C@@H](NC[C@H](O)[C@H](Cc1cc(F)cc(F)c1)NC(=O)C1CSCN1)CS(O)(O)C2. The van der Waals surface area contributed by atoms with Crippen molar-refractivity contribution in [1.82, 2.24) is 16.0 Å². The Morgan fingerprint density at radius 2 is 1.94 bits per heavy atom. The molecule has 2 aromatic carbocycles. The Hall–Kier alpha value is -1.73. The summed E-state index contributed by atoms with van der Waals surface area (Å²) in [6.07, 6.45) is -0.236. The highest BCUT2D eigenvalue weighted by atomic mass is 32.3. The lowest BCUT2D eigenvalue weighted by atomic mass is 9.97. The van der Waals surface area contributed by atoms with Gasteiger partial charge in [0.15, 0.2) is 0 Å². The Bertz CT molecular complexity index is 1070. The number of benzene rings is 2. The van der Waals surface area contributed by atoms with Crippen LogP contribution in [0.2, 0.25) is 0 Å². The molecule has 0 spiro atoms. The van der Waals surface area contributed by atoms with Crippen LogP contribution in [0.4, 0.5) is 8.78 Å². The maximum atomic E-state index is 13.8. The van der Waals surface area contributed by atoms with Crippen molar-refractivity contribution in [2.75, 3.05) is 23.9 Å². The number of carbonyl (C=O) groups is 1. The molecule has 2 heterocycles. The van der Waals surface area contributed by atoms with Crippen molar-refractivity contribution in [2.24, 2.45) is 0 Å². The number of amides is 1. The smallest absolute Gasteiger partial charge is 0.238 e. The van der Waals surface area contributed by atoms with E-state index in [1.165, 1.54) is 12.1 Å². The Morgan fingerprint density at radius 3 is 2.61 bits per heavy atom. The number of rotatable bonds is 9. The van der Waals surface area contributed by atoms with Gasteiger partial charge in [0.1, 0.15) is 11.6 Å². The number of aliphatic hydroxyl groups is 1. The minimum Gasteiger partial charge on any atom is -0.390 e. The van der Waals surface area contributed by atoms with E-state index in [9.17, 15) is 27.8 Å². The summed E-state index contributed by atoms with van der Waals surface area (Å²) >= 11 is 1.59. The van der Waals surface area contributed by atoms with E-state index in [0.29, 0.717) is 17.2 Å². The van der Waals surface area contributed by atoms with Gasteiger partial charge in [-0.25, -0.2) is 8.78 Å². The Morgan fingerprint density at radius 1 is 1.19 bits per heavy atom. The number of halogens is 2. The summed E-state index contributed by atoms with van der Waals surface area (Å²) in [5.74, 6) is -0.184. The van der Waals surface area contributed by atoms with Gasteiger partial charge in [0, 0.05) is 24.2 Å². The number of fused-ring (bicyclic) bond motifs is 1. The van der Waals surface area contributed by atoms with Crippen LogP contribution in [0.25, 0.3) is 0 Å².